The molecule has 2 N–H and O–H groups in total. The maximum Gasteiger partial charge on any atom is 0.116 e. The van der Waals surface area contributed by atoms with Crippen LogP contribution in [0.3, 0.4) is 0 Å². The summed E-state index contributed by atoms with van der Waals surface area (Å²) in [5.41, 5.74) is 8.30. The minimum absolute atomic E-state index is 0.0307. The Morgan fingerprint density at radius 1 is 1.25 bits per heavy atom. The van der Waals surface area contributed by atoms with Crippen molar-refractivity contribution in [3.05, 3.63) is 23.8 Å². The summed E-state index contributed by atoms with van der Waals surface area (Å²) in [7, 11) is 0. The van der Waals surface area contributed by atoms with E-state index in [1.165, 1.54) is 31.4 Å². The average molecular weight is 219 g/mol. The number of nitrogens with two attached hydrogens (primary N) is 1. The summed E-state index contributed by atoms with van der Waals surface area (Å²) in [6.45, 7) is 4.25. The summed E-state index contributed by atoms with van der Waals surface area (Å²) in [6.07, 6.45) is 6.88. The van der Waals surface area contributed by atoms with Gasteiger partial charge in [0, 0.05) is 17.7 Å². The lowest BCUT2D eigenvalue weighted by atomic mass is 9.98. The van der Waals surface area contributed by atoms with E-state index in [1.807, 2.05) is 0 Å². The molecular weight excluding hydrogens is 198 g/mol. The SMILES string of the molecule is CC(C)C(N)c1cc(C2CCCC2)ncn1. The van der Waals surface area contributed by atoms with E-state index in [2.05, 4.69) is 29.9 Å². The van der Waals surface area contributed by atoms with Crippen molar-refractivity contribution in [3.63, 3.8) is 0 Å². The van der Waals surface area contributed by atoms with Gasteiger partial charge in [0.25, 0.3) is 0 Å². The first-order valence-corrected chi connectivity index (χ1v) is 6.26. The van der Waals surface area contributed by atoms with Crippen molar-refractivity contribution in [3.8, 4) is 0 Å². The van der Waals surface area contributed by atoms with E-state index >= 15 is 0 Å². The van der Waals surface area contributed by atoms with Crippen LogP contribution >= 0.6 is 0 Å². The quantitative estimate of drug-likeness (QED) is 0.850. The number of rotatable bonds is 3. The van der Waals surface area contributed by atoms with Gasteiger partial charge in [0.15, 0.2) is 0 Å². The molecule has 1 aromatic rings. The Labute approximate surface area is 97.5 Å². The number of nitrogens with zero attached hydrogens (tertiary/aromatic N) is 2. The third-order valence-corrected chi connectivity index (χ3v) is 3.54. The highest BCUT2D eigenvalue weighted by atomic mass is 14.9. The second kappa shape index (κ2) is 4.91. The monoisotopic (exact) mass is 219 g/mol. The fourth-order valence-corrected chi connectivity index (χ4v) is 2.36. The van der Waals surface area contributed by atoms with Gasteiger partial charge in [0.05, 0.1) is 5.69 Å². The highest BCUT2D eigenvalue weighted by molar-refractivity contribution is 5.16. The lowest BCUT2D eigenvalue weighted by molar-refractivity contribution is 0.500. The summed E-state index contributed by atoms with van der Waals surface area (Å²) >= 11 is 0. The molecule has 1 fully saturated rings. The standard InChI is InChI=1S/C13H21N3/c1-9(2)13(14)12-7-11(15-8-16-12)10-5-3-4-6-10/h7-10,13H,3-6,14H2,1-2H3. The molecule has 0 spiro atoms. The zero-order valence-electron chi connectivity index (χ0n) is 10.2. The van der Waals surface area contributed by atoms with Crippen molar-refractivity contribution in [1.29, 1.82) is 0 Å². The minimum atomic E-state index is 0.0307. The second-order valence-corrected chi connectivity index (χ2v) is 5.12. The molecule has 1 aliphatic carbocycles. The van der Waals surface area contributed by atoms with Crippen LogP contribution < -0.4 is 5.73 Å². The molecule has 16 heavy (non-hydrogen) atoms. The lowest BCUT2D eigenvalue weighted by Gasteiger charge is -2.16. The zero-order chi connectivity index (χ0) is 11.5. The Kier molecular flexibility index (Phi) is 3.54. The molecule has 1 saturated carbocycles. The molecule has 0 aliphatic heterocycles. The Balaban J connectivity index is 2.18. The second-order valence-electron chi connectivity index (χ2n) is 5.12. The van der Waals surface area contributed by atoms with Crippen LogP contribution in [-0.2, 0) is 0 Å². The summed E-state index contributed by atoms with van der Waals surface area (Å²) in [5, 5.41) is 0. The fraction of sp³-hybridized carbons (Fsp3) is 0.692. The molecule has 0 saturated heterocycles. The van der Waals surface area contributed by atoms with E-state index in [1.54, 1.807) is 6.33 Å². The third kappa shape index (κ3) is 2.40. The number of hydrogen-bond acceptors (Lipinski definition) is 3. The molecule has 88 valence electrons. The van der Waals surface area contributed by atoms with Crippen molar-refractivity contribution < 1.29 is 0 Å². The summed E-state index contributed by atoms with van der Waals surface area (Å²) in [4.78, 5) is 8.69. The summed E-state index contributed by atoms with van der Waals surface area (Å²) in [5.74, 6) is 1.06. The molecule has 0 radical (unpaired) electrons. The Bertz CT molecular complexity index is 326. The first-order valence-electron chi connectivity index (χ1n) is 6.26. The molecule has 2 rings (SSSR count). The van der Waals surface area contributed by atoms with Crippen molar-refractivity contribution in [2.24, 2.45) is 11.7 Å². The first-order chi connectivity index (χ1) is 7.68. The van der Waals surface area contributed by atoms with Gasteiger partial charge in [-0.3, -0.25) is 0 Å². The lowest BCUT2D eigenvalue weighted by Crippen LogP contribution is -2.18. The van der Waals surface area contributed by atoms with Crippen LogP contribution in [0.2, 0.25) is 0 Å². The van der Waals surface area contributed by atoms with Crippen molar-refractivity contribution >= 4 is 0 Å². The van der Waals surface area contributed by atoms with E-state index in [4.69, 9.17) is 5.73 Å². The van der Waals surface area contributed by atoms with Gasteiger partial charge in [-0.1, -0.05) is 26.7 Å². The molecule has 0 amide bonds. The van der Waals surface area contributed by atoms with E-state index in [9.17, 15) is 0 Å². The van der Waals surface area contributed by atoms with Gasteiger partial charge < -0.3 is 5.73 Å². The molecule has 3 heteroatoms. The predicted molar refractivity (Wildman–Crippen MR) is 65.0 cm³/mol. The van der Waals surface area contributed by atoms with Gasteiger partial charge in [-0.15, -0.1) is 0 Å². The highest BCUT2D eigenvalue weighted by Gasteiger charge is 2.20. The first kappa shape index (κ1) is 11.5. The molecular formula is C13H21N3. The molecule has 1 aliphatic rings. The van der Waals surface area contributed by atoms with Crippen molar-refractivity contribution in [1.82, 2.24) is 9.97 Å². The van der Waals surface area contributed by atoms with Crippen molar-refractivity contribution in [2.45, 2.75) is 51.5 Å². The van der Waals surface area contributed by atoms with Crippen LogP contribution in [0, 0.1) is 5.92 Å². The molecule has 1 heterocycles. The zero-order valence-corrected chi connectivity index (χ0v) is 10.2. The van der Waals surface area contributed by atoms with E-state index in [0.717, 1.165) is 5.69 Å². The van der Waals surface area contributed by atoms with Gasteiger partial charge in [0.1, 0.15) is 6.33 Å². The molecule has 1 unspecified atom stereocenters. The topological polar surface area (TPSA) is 51.8 Å². The number of hydrogen-bond donors (Lipinski definition) is 1. The fourth-order valence-electron chi connectivity index (χ4n) is 2.36. The van der Waals surface area contributed by atoms with Crippen molar-refractivity contribution in [2.75, 3.05) is 0 Å². The Morgan fingerprint density at radius 2 is 1.94 bits per heavy atom. The van der Waals surface area contributed by atoms with Crippen LogP contribution in [0.1, 0.15) is 62.9 Å². The maximum absolute atomic E-state index is 6.12. The Morgan fingerprint density at radius 3 is 2.56 bits per heavy atom. The van der Waals surface area contributed by atoms with Gasteiger partial charge in [0.2, 0.25) is 0 Å². The van der Waals surface area contributed by atoms with Gasteiger partial charge in [-0.25, -0.2) is 9.97 Å². The Hall–Kier alpha value is -0.960. The molecule has 0 aromatic carbocycles. The maximum atomic E-state index is 6.12. The van der Waals surface area contributed by atoms with Crippen LogP contribution in [0.5, 0.6) is 0 Å². The van der Waals surface area contributed by atoms with E-state index in [0.29, 0.717) is 11.8 Å². The normalized spacial score (nSPS) is 19.2. The van der Waals surface area contributed by atoms with Gasteiger partial charge >= 0.3 is 0 Å². The van der Waals surface area contributed by atoms with Crippen LogP contribution in [0.15, 0.2) is 12.4 Å². The van der Waals surface area contributed by atoms with Crippen LogP contribution in [-0.4, -0.2) is 9.97 Å². The van der Waals surface area contributed by atoms with E-state index in [-0.39, 0.29) is 6.04 Å². The summed E-state index contributed by atoms with van der Waals surface area (Å²) < 4.78 is 0. The molecule has 3 nitrogen and oxygen atoms in total. The highest BCUT2D eigenvalue weighted by Crippen LogP contribution is 2.33. The number of aromatic nitrogens is 2. The molecule has 1 aromatic heterocycles. The average Bonchev–Trinajstić information content (AvgIpc) is 2.81. The smallest absolute Gasteiger partial charge is 0.116 e. The van der Waals surface area contributed by atoms with Crippen LogP contribution in [0.4, 0.5) is 0 Å². The third-order valence-electron chi connectivity index (χ3n) is 3.54. The molecule has 1 atom stereocenters. The van der Waals surface area contributed by atoms with E-state index < -0.39 is 0 Å². The van der Waals surface area contributed by atoms with Crippen LogP contribution in [0.25, 0.3) is 0 Å². The van der Waals surface area contributed by atoms with Gasteiger partial charge in [-0.05, 0) is 24.8 Å². The van der Waals surface area contributed by atoms with Gasteiger partial charge in [-0.2, -0.15) is 0 Å². The predicted octanol–water partition coefficient (Wildman–Crippen LogP) is 2.79. The minimum Gasteiger partial charge on any atom is -0.322 e. The molecule has 0 bridgehead atoms. The summed E-state index contributed by atoms with van der Waals surface area (Å²) in [6, 6.07) is 2.14. The largest absolute Gasteiger partial charge is 0.322 e.